The zero-order valence-corrected chi connectivity index (χ0v) is 10.2. The predicted molar refractivity (Wildman–Crippen MR) is 58.3 cm³/mol. The number of hydrogen-bond acceptors (Lipinski definition) is 9. The number of hydroxylamine groups is 2. The summed E-state index contributed by atoms with van der Waals surface area (Å²) in [6, 6.07) is 0. The number of aliphatic hydroxyl groups excluding tert-OH is 5. The fourth-order valence-electron chi connectivity index (χ4n) is 1.46. The number of aliphatic hydroxyl groups is 5. The Morgan fingerprint density at radius 3 is 2.05 bits per heavy atom. The molecule has 0 aromatic carbocycles. The molecule has 10 heteroatoms. The van der Waals surface area contributed by atoms with Gasteiger partial charge in [0.15, 0.2) is 6.10 Å². The second-order valence-corrected chi connectivity index (χ2v) is 4.17. The number of nitrogens with zero attached hydrogens (tertiary/aromatic N) is 1. The molecule has 1 saturated heterocycles. The van der Waals surface area contributed by atoms with Crippen molar-refractivity contribution >= 4 is 17.8 Å². The number of rotatable bonds is 6. The second kappa shape index (κ2) is 6.72. The van der Waals surface area contributed by atoms with Crippen LogP contribution in [0.3, 0.4) is 0 Å². The summed E-state index contributed by atoms with van der Waals surface area (Å²) < 4.78 is 0. The third-order valence-corrected chi connectivity index (χ3v) is 2.68. The van der Waals surface area contributed by atoms with Gasteiger partial charge in [0.2, 0.25) is 0 Å². The highest BCUT2D eigenvalue weighted by molar-refractivity contribution is 6.01. The summed E-state index contributed by atoms with van der Waals surface area (Å²) >= 11 is 0. The number of carbonyl (C=O) groups is 3. The lowest BCUT2D eigenvalue weighted by molar-refractivity contribution is -0.210. The molecule has 2 amide bonds. The molecule has 0 saturated carbocycles. The van der Waals surface area contributed by atoms with Crippen LogP contribution in [0.5, 0.6) is 0 Å². The van der Waals surface area contributed by atoms with E-state index in [1.165, 1.54) is 0 Å². The highest BCUT2D eigenvalue weighted by Crippen LogP contribution is 2.14. The Bertz CT molecular complexity index is 382. The van der Waals surface area contributed by atoms with E-state index in [1.807, 2.05) is 0 Å². The summed E-state index contributed by atoms with van der Waals surface area (Å²) in [6.07, 6.45) is -8.58. The van der Waals surface area contributed by atoms with Crippen molar-refractivity contribution in [3.05, 3.63) is 0 Å². The van der Waals surface area contributed by atoms with Gasteiger partial charge in [0.25, 0.3) is 11.8 Å². The van der Waals surface area contributed by atoms with Crippen LogP contribution in [0, 0.1) is 0 Å². The van der Waals surface area contributed by atoms with Gasteiger partial charge in [-0.25, -0.2) is 4.79 Å². The Labute approximate surface area is 112 Å². The number of hydrogen-bond donors (Lipinski definition) is 5. The summed E-state index contributed by atoms with van der Waals surface area (Å²) in [5.41, 5.74) is 0. The minimum absolute atomic E-state index is 0.142. The Hall–Kier alpha value is -1.59. The molecular formula is C10H15NO9. The van der Waals surface area contributed by atoms with E-state index in [4.69, 9.17) is 10.2 Å². The maximum atomic E-state index is 11.4. The maximum absolute atomic E-state index is 11.4. The van der Waals surface area contributed by atoms with E-state index in [-0.39, 0.29) is 17.9 Å². The van der Waals surface area contributed by atoms with Gasteiger partial charge in [-0.1, -0.05) is 0 Å². The van der Waals surface area contributed by atoms with Gasteiger partial charge in [-0.05, 0) is 0 Å². The van der Waals surface area contributed by atoms with Gasteiger partial charge in [0.1, 0.15) is 18.3 Å². The molecule has 1 aliphatic heterocycles. The molecular weight excluding hydrogens is 278 g/mol. The van der Waals surface area contributed by atoms with E-state index in [0.717, 1.165) is 0 Å². The lowest BCUT2D eigenvalue weighted by atomic mass is 10.0. The van der Waals surface area contributed by atoms with Crippen molar-refractivity contribution in [3.63, 3.8) is 0 Å². The standard InChI is InChI=1S/C10H15NO9/c12-3-4(13)7(16)8(17)9(18)10(19)20-11-5(14)1-2-6(11)15/h4,7-9,12-13,16-18H,1-3H2. The molecule has 5 N–H and O–H groups in total. The molecule has 10 nitrogen and oxygen atoms in total. The minimum atomic E-state index is -2.31. The Morgan fingerprint density at radius 1 is 1.10 bits per heavy atom. The molecule has 0 aliphatic carbocycles. The van der Waals surface area contributed by atoms with Crippen molar-refractivity contribution in [3.8, 4) is 0 Å². The van der Waals surface area contributed by atoms with Gasteiger partial charge in [-0.3, -0.25) is 9.59 Å². The first-order valence-corrected chi connectivity index (χ1v) is 5.70. The molecule has 0 aromatic heterocycles. The second-order valence-electron chi connectivity index (χ2n) is 4.17. The predicted octanol–water partition coefficient (Wildman–Crippen LogP) is -3.97. The molecule has 20 heavy (non-hydrogen) atoms. The third kappa shape index (κ3) is 3.49. The molecule has 1 fully saturated rings. The highest BCUT2D eigenvalue weighted by Gasteiger charge is 2.39. The quantitative estimate of drug-likeness (QED) is 0.307. The maximum Gasteiger partial charge on any atom is 0.364 e. The molecule has 1 heterocycles. The Kier molecular flexibility index (Phi) is 5.53. The first kappa shape index (κ1) is 16.5. The van der Waals surface area contributed by atoms with Crippen molar-refractivity contribution in [2.24, 2.45) is 0 Å². The molecule has 1 rings (SSSR count). The van der Waals surface area contributed by atoms with E-state index >= 15 is 0 Å². The van der Waals surface area contributed by atoms with Crippen LogP contribution < -0.4 is 0 Å². The van der Waals surface area contributed by atoms with Crippen molar-refractivity contribution in [1.82, 2.24) is 5.06 Å². The van der Waals surface area contributed by atoms with Crippen LogP contribution in [0.2, 0.25) is 0 Å². The number of carbonyl (C=O) groups excluding carboxylic acids is 3. The molecule has 0 radical (unpaired) electrons. The van der Waals surface area contributed by atoms with Gasteiger partial charge >= 0.3 is 5.97 Å². The van der Waals surface area contributed by atoms with E-state index in [9.17, 15) is 29.7 Å². The van der Waals surface area contributed by atoms with Crippen molar-refractivity contribution in [2.75, 3.05) is 6.61 Å². The van der Waals surface area contributed by atoms with Crippen LogP contribution in [0.15, 0.2) is 0 Å². The number of amides is 2. The smallest absolute Gasteiger partial charge is 0.364 e. The molecule has 0 bridgehead atoms. The number of imide groups is 1. The van der Waals surface area contributed by atoms with Crippen LogP contribution in [0.25, 0.3) is 0 Å². The van der Waals surface area contributed by atoms with E-state index in [0.29, 0.717) is 0 Å². The molecule has 4 unspecified atom stereocenters. The van der Waals surface area contributed by atoms with Crippen molar-refractivity contribution < 1.29 is 44.8 Å². The Balaban J connectivity index is 2.62. The topological polar surface area (TPSA) is 165 Å². The molecule has 0 aromatic rings. The highest BCUT2D eigenvalue weighted by atomic mass is 16.7. The minimum Gasteiger partial charge on any atom is -0.394 e. The van der Waals surface area contributed by atoms with Gasteiger partial charge in [-0.2, -0.15) is 0 Å². The summed E-state index contributed by atoms with van der Waals surface area (Å²) in [7, 11) is 0. The van der Waals surface area contributed by atoms with Crippen LogP contribution in [0.4, 0.5) is 0 Å². The SMILES string of the molecule is O=C(ON1C(=O)CCC1=O)C(O)C(O)C(O)C(O)CO. The average Bonchev–Trinajstić information content (AvgIpc) is 2.75. The Morgan fingerprint density at radius 2 is 1.60 bits per heavy atom. The average molecular weight is 293 g/mol. The van der Waals surface area contributed by atoms with Gasteiger partial charge in [-0.15, -0.1) is 5.06 Å². The van der Waals surface area contributed by atoms with Gasteiger partial charge in [0.05, 0.1) is 6.61 Å². The van der Waals surface area contributed by atoms with Crippen LogP contribution >= 0.6 is 0 Å². The summed E-state index contributed by atoms with van der Waals surface area (Å²) in [5.74, 6) is -3.10. The van der Waals surface area contributed by atoms with Gasteiger partial charge in [0, 0.05) is 12.8 Å². The van der Waals surface area contributed by atoms with Crippen LogP contribution in [0.1, 0.15) is 12.8 Å². The van der Waals surface area contributed by atoms with E-state index in [2.05, 4.69) is 4.84 Å². The van der Waals surface area contributed by atoms with E-state index < -0.39 is 48.8 Å². The monoisotopic (exact) mass is 293 g/mol. The fourth-order valence-corrected chi connectivity index (χ4v) is 1.46. The lowest BCUT2D eigenvalue weighted by Gasteiger charge is -2.25. The normalized spacial score (nSPS) is 21.6. The summed E-state index contributed by atoms with van der Waals surface area (Å²) in [6.45, 7) is -0.914. The first-order chi connectivity index (χ1) is 9.29. The zero-order valence-electron chi connectivity index (χ0n) is 10.2. The largest absolute Gasteiger partial charge is 0.394 e. The first-order valence-electron chi connectivity index (χ1n) is 5.70. The van der Waals surface area contributed by atoms with Crippen molar-refractivity contribution in [2.45, 2.75) is 37.3 Å². The van der Waals surface area contributed by atoms with Crippen LogP contribution in [-0.4, -0.2) is 79.4 Å². The van der Waals surface area contributed by atoms with E-state index in [1.54, 1.807) is 0 Å². The molecule has 1 aliphatic rings. The molecule has 4 atom stereocenters. The lowest BCUT2D eigenvalue weighted by Crippen LogP contribution is -2.50. The summed E-state index contributed by atoms with van der Waals surface area (Å²) in [4.78, 5) is 38.1. The zero-order chi connectivity index (χ0) is 15.4. The third-order valence-electron chi connectivity index (χ3n) is 2.68. The van der Waals surface area contributed by atoms with Crippen molar-refractivity contribution in [1.29, 1.82) is 0 Å². The molecule has 0 spiro atoms. The fraction of sp³-hybridized carbons (Fsp3) is 0.700. The van der Waals surface area contributed by atoms with Gasteiger partial charge < -0.3 is 30.4 Å². The summed E-state index contributed by atoms with van der Waals surface area (Å²) in [5, 5.41) is 45.9. The molecule has 114 valence electrons. The van der Waals surface area contributed by atoms with Crippen LogP contribution in [-0.2, 0) is 19.2 Å².